The molecule has 6 nitrogen and oxygen atoms in total. The number of amides is 1. The van der Waals surface area contributed by atoms with Crippen molar-refractivity contribution in [2.24, 2.45) is 0 Å². The molecule has 0 aliphatic heterocycles. The van der Waals surface area contributed by atoms with Gasteiger partial charge in [0.1, 0.15) is 12.2 Å². The summed E-state index contributed by atoms with van der Waals surface area (Å²) in [4.78, 5) is 36.2. The Hall–Kier alpha value is -3.41. The van der Waals surface area contributed by atoms with Crippen LogP contribution in [-0.2, 0) is 26.3 Å². The van der Waals surface area contributed by atoms with Gasteiger partial charge in [0, 0.05) is 35.7 Å². The Bertz CT molecular complexity index is 1130. The van der Waals surface area contributed by atoms with E-state index in [2.05, 4.69) is 5.32 Å². The van der Waals surface area contributed by atoms with Crippen LogP contribution < -0.4 is 10.9 Å². The molecule has 4 rings (SSSR count). The molecule has 1 saturated carbocycles. The summed E-state index contributed by atoms with van der Waals surface area (Å²) in [6, 6.07) is 16.1. The maximum atomic E-state index is 12.9. The van der Waals surface area contributed by atoms with E-state index in [1.54, 1.807) is 18.2 Å². The normalized spacial score (nSPS) is 14.8. The fourth-order valence-electron chi connectivity index (χ4n) is 3.81. The quantitative estimate of drug-likeness (QED) is 0.526. The van der Waals surface area contributed by atoms with Gasteiger partial charge in [-0.05, 0) is 30.5 Å². The number of nitrogens with one attached hydrogen (secondary N) is 1. The topological polar surface area (TPSA) is 85.6 Å². The Morgan fingerprint density at radius 1 is 1.10 bits per heavy atom. The molecule has 6 heteroatoms. The van der Waals surface area contributed by atoms with Crippen molar-refractivity contribution in [1.82, 2.24) is 0 Å². The van der Waals surface area contributed by atoms with Crippen molar-refractivity contribution in [3.05, 3.63) is 76.1 Å². The fraction of sp³-hybridized carbons (Fsp3) is 0.261. The van der Waals surface area contributed by atoms with Crippen LogP contribution in [0, 0.1) is 0 Å². The molecule has 29 heavy (non-hydrogen) atoms. The fourth-order valence-corrected chi connectivity index (χ4v) is 3.81. The van der Waals surface area contributed by atoms with Crippen LogP contribution in [0.1, 0.15) is 37.3 Å². The third-order valence-electron chi connectivity index (χ3n) is 5.43. The van der Waals surface area contributed by atoms with Gasteiger partial charge in [-0.25, -0.2) is 4.79 Å². The highest BCUT2D eigenvalue weighted by molar-refractivity contribution is 5.92. The molecule has 1 amide bonds. The molecule has 1 aliphatic carbocycles. The molecule has 0 spiro atoms. The zero-order chi connectivity index (χ0) is 20.4. The third-order valence-corrected chi connectivity index (χ3v) is 5.43. The monoisotopic (exact) mass is 391 g/mol. The van der Waals surface area contributed by atoms with Crippen LogP contribution in [0.5, 0.6) is 0 Å². The van der Waals surface area contributed by atoms with Gasteiger partial charge in [0.05, 0.1) is 5.41 Å². The van der Waals surface area contributed by atoms with Crippen molar-refractivity contribution >= 4 is 28.5 Å². The van der Waals surface area contributed by atoms with Crippen molar-refractivity contribution < 1.29 is 18.7 Å². The number of rotatable bonds is 5. The first kappa shape index (κ1) is 18.9. The third kappa shape index (κ3) is 3.66. The minimum Gasteiger partial charge on any atom is -0.460 e. The van der Waals surface area contributed by atoms with Crippen molar-refractivity contribution in [2.75, 3.05) is 5.32 Å². The molecule has 0 bridgehead atoms. The van der Waals surface area contributed by atoms with E-state index in [9.17, 15) is 14.4 Å². The second-order valence-corrected chi connectivity index (χ2v) is 7.36. The van der Waals surface area contributed by atoms with E-state index in [0.29, 0.717) is 22.2 Å². The van der Waals surface area contributed by atoms with Crippen molar-refractivity contribution in [3.63, 3.8) is 0 Å². The van der Waals surface area contributed by atoms with Crippen molar-refractivity contribution in [1.29, 1.82) is 0 Å². The first-order valence-corrected chi connectivity index (χ1v) is 9.55. The molecule has 1 N–H and O–H groups in total. The highest BCUT2D eigenvalue weighted by Gasteiger charge is 2.47. The van der Waals surface area contributed by atoms with Gasteiger partial charge in [-0.3, -0.25) is 9.59 Å². The lowest BCUT2D eigenvalue weighted by atomic mass is 9.64. The summed E-state index contributed by atoms with van der Waals surface area (Å²) in [5, 5.41) is 3.31. The summed E-state index contributed by atoms with van der Waals surface area (Å²) in [6.45, 7) is 1.38. The average molecular weight is 391 g/mol. The molecule has 0 unspecified atom stereocenters. The molecule has 0 atom stereocenters. The van der Waals surface area contributed by atoms with Crippen LogP contribution in [0.25, 0.3) is 11.0 Å². The minimum absolute atomic E-state index is 0.0188. The van der Waals surface area contributed by atoms with Gasteiger partial charge in [0.15, 0.2) is 0 Å². The molecule has 1 aromatic heterocycles. The maximum absolute atomic E-state index is 12.9. The number of ether oxygens (including phenoxy) is 1. The van der Waals surface area contributed by atoms with Crippen LogP contribution in [0.2, 0.25) is 0 Å². The van der Waals surface area contributed by atoms with E-state index >= 15 is 0 Å². The molecule has 148 valence electrons. The first-order valence-electron chi connectivity index (χ1n) is 9.55. The second-order valence-electron chi connectivity index (χ2n) is 7.36. The number of carbonyl (C=O) groups excluding carboxylic acids is 2. The predicted molar refractivity (Wildman–Crippen MR) is 109 cm³/mol. The number of benzene rings is 2. The van der Waals surface area contributed by atoms with Crippen LogP contribution in [0.15, 0.2) is 63.8 Å². The molecule has 0 saturated heterocycles. The standard InChI is InChI=1S/C23H21NO5/c1-15(25)24-18-8-9-19-16(12-21(26)29-20(19)13-18)14-28-22(27)23(10-5-11-23)17-6-3-2-4-7-17/h2-4,6-9,12-13H,5,10-11,14H2,1H3,(H,24,25). The molecule has 1 fully saturated rings. The number of carbonyl (C=O) groups is 2. The van der Waals surface area contributed by atoms with E-state index in [1.165, 1.54) is 13.0 Å². The molecule has 3 aromatic rings. The minimum atomic E-state index is -0.602. The number of hydrogen-bond acceptors (Lipinski definition) is 5. The number of hydrogen-bond donors (Lipinski definition) is 1. The molecule has 2 aromatic carbocycles. The Kier molecular flexibility index (Phi) is 4.92. The zero-order valence-electron chi connectivity index (χ0n) is 16.1. The van der Waals surface area contributed by atoms with Crippen LogP contribution >= 0.6 is 0 Å². The molecular formula is C23H21NO5. The molecule has 1 heterocycles. The van der Waals surface area contributed by atoms with Gasteiger partial charge in [-0.2, -0.15) is 0 Å². The maximum Gasteiger partial charge on any atom is 0.336 e. The van der Waals surface area contributed by atoms with Crippen LogP contribution in [0.4, 0.5) is 5.69 Å². The Balaban J connectivity index is 1.59. The second kappa shape index (κ2) is 7.54. The zero-order valence-corrected chi connectivity index (χ0v) is 16.1. The van der Waals surface area contributed by atoms with E-state index < -0.39 is 11.0 Å². The smallest absolute Gasteiger partial charge is 0.336 e. The summed E-state index contributed by atoms with van der Waals surface area (Å²) >= 11 is 0. The number of esters is 1. The van der Waals surface area contributed by atoms with Crippen LogP contribution in [-0.4, -0.2) is 11.9 Å². The Morgan fingerprint density at radius 2 is 1.86 bits per heavy atom. The van der Waals surface area contributed by atoms with Gasteiger partial charge in [0.25, 0.3) is 0 Å². The summed E-state index contributed by atoms with van der Waals surface area (Å²) < 4.78 is 10.9. The summed E-state index contributed by atoms with van der Waals surface area (Å²) in [5.74, 6) is -0.491. The Labute approximate surface area is 167 Å². The van der Waals surface area contributed by atoms with E-state index in [-0.39, 0.29) is 18.5 Å². The van der Waals surface area contributed by atoms with Gasteiger partial charge in [-0.1, -0.05) is 36.8 Å². The summed E-state index contributed by atoms with van der Waals surface area (Å²) in [5.41, 5.74) is 1.26. The van der Waals surface area contributed by atoms with Crippen molar-refractivity contribution in [3.8, 4) is 0 Å². The highest BCUT2D eigenvalue weighted by Crippen LogP contribution is 2.44. The summed E-state index contributed by atoms with van der Waals surface area (Å²) in [7, 11) is 0. The lowest BCUT2D eigenvalue weighted by Gasteiger charge is -2.39. The van der Waals surface area contributed by atoms with Gasteiger partial charge < -0.3 is 14.5 Å². The lowest BCUT2D eigenvalue weighted by Crippen LogP contribution is -2.43. The van der Waals surface area contributed by atoms with Gasteiger partial charge >= 0.3 is 11.6 Å². The first-order chi connectivity index (χ1) is 14.0. The van der Waals surface area contributed by atoms with Crippen LogP contribution in [0.3, 0.4) is 0 Å². The average Bonchev–Trinajstić information content (AvgIpc) is 2.65. The van der Waals surface area contributed by atoms with E-state index in [1.807, 2.05) is 30.3 Å². The number of fused-ring (bicyclic) bond motifs is 1. The van der Waals surface area contributed by atoms with Gasteiger partial charge in [-0.15, -0.1) is 0 Å². The molecule has 0 radical (unpaired) electrons. The van der Waals surface area contributed by atoms with Gasteiger partial charge in [0.2, 0.25) is 5.91 Å². The van der Waals surface area contributed by atoms with E-state index in [0.717, 1.165) is 24.8 Å². The van der Waals surface area contributed by atoms with Crippen molar-refractivity contribution in [2.45, 2.75) is 38.2 Å². The van der Waals surface area contributed by atoms with E-state index in [4.69, 9.17) is 9.15 Å². The predicted octanol–water partition coefficient (Wildman–Crippen LogP) is 3.92. The molecule has 1 aliphatic rings. The molecular weight excluding hydrogens is 370 g/mol. The number of anilines is 1. The summed E-state index contributed by atoms with van der Waals surface area (Å²) in [6.07, 6.45) is 2.50. The Morgan fingerprint density at radius 3 is 2.52 bits per heavy atom. The largest absolute Gasteiger partial charge is 0.460 e. The highest BCUT2D eigenvalue weighted by atomic mass is 16.5. The SMILES string of the molecule is CC(=O)Nc1ccc2c(COC(=O)C3(c4ccccc4)CCC3)cc(=O)oc2c1. The lowest BCUT2D eigenvalue weighted by molar-refractivity contribution is -0.155.